The van der Waals surface area contributed by atoms with Crippen LogP contribution in [0.3, 0.4) is 0 Å². The van der Waals surface area contributed by atoms with E-state index in [4.69, 9.17) is 9.16 Å². The standard InChI is InChI=1S/C13H30O2Si/c1-3-4-5-6-7-8-9-10-13-16-15-12-11-14-2/h3-13,16H2,1-2H3. The summed E-state index contributed by atoms with van der Waals surface area (Å²) in [6.45, 7) is 3.83. The Morgan fingerprint density at radius 2 is 1.44 bits per heavy atom. The van der Waals surface area contributed by atoms with Crippen LogP contribution in [-0.2, 0) is 9.16 Å². The predicted octanol–water partition coefficient (Wildman–Crippen LogP) is 3.29. The lowest BCUT2D eigenvalue weighted by Crippen LogP contribution is -2.05. The average Bonchev–Trinajstić information content (AvgIpc) is 2.31. The molecule has 16 heavy (non-hydrogen) atoms. The van der Waals surface area contributed by atoms with Gasteiger partial charge in [0.25, 0.3) is 0 Å². The number of hydrogen-bond donors (Lipinski definition) is 0. The van der Waals surface area contributed by atoms with Gasteiger partial charge in [-0.15, -0.1) is 0 Å². The van der Waals surface area contributed by atoms with E-state index in [-0.39, 0.29) is 9.76 Å². The van der Waals surface area contributed by atoms with Gasteiger partial charge in [0.15, 0.2) is 9.76 Å². The molecule has 0 unspecified atom stereocenters. The zero-order chi connectivity index (χ0) is 11.9. The van der Waals surface area contributed by atoms with Gasteiger partial charge in [0.05, 0.1) is 13.2 Å². The Kier molecular flexibility index (Phi) is 15.3. The fourth-order valence-corrected chi connectivity index (χ4v) is 2.84. The fourth-order valence-electron chi connectivity index (χ4n) is 1.76. The lowest BCUT2D eigenvalue weighted by Gasteiger charge is -2.03. The van der Waals surface area contributed by atoms with Crippen molar-refractivity contribution in [2.45, 2.75) is 64.3 Å². The van der Waals surface area contributed by atoms with Crippen molar-refractivity contribution < 1.29 is 9.16 Å². The van der Waals surface area contributed by atoms with Gasteiger partial charge in [0.2, 0.25) is 0 Å². The third-order valence-electron chi connectivity index (χ3n) is 2.82. The number of hydrogen-bond acceptors (Lipinski definition) is 2. The van der Waals surface area contributed by atoms with Crippen molar-refractivity contribution in [2.75, 3.05) is 20.3 Å². The maximum Gasteiger partial charge on any atom is 0.161 e. The molecule has 0 aliphatic heterocycles. The highest BCUT2D eigenvalue weighted by Crippen LogP contribution is 2.09. The van der Waals surface area contributed by atoms with Crippen LogP contribution in [0.15, 0.2) is 0 Å². The minimum atomic E-state index is -0.237. The molecule has 0 aliphatic carbocycles. The Labute approximate surface area is 104 Å². The first-order chi connectivity index (χ1) is 7.91. The molecule has 0 bridgehead atoms. The van der Waals surface area contributed by atoms with Crippen LogP contribution in [0.2, 0.25) is 6.04 Å². The lowest BCUT2D eigenvalue weighted by atomic mass is 10.1. The highest BCUT2D eigenvalue weighted by molar-refractivity contribution is 6.26. The van der Waals surface area contributed by atoms with Gasteiger partial charge in [-0.2, -0.15) is 0 Å². The van der Waals surface area contributed by atoms with Crippen molar-refractivity contribution >= 4 is 9.76 Å². The van der Waals surface area contributed by atoms with Crippen LogP contribution in [0, 0.1) is 0 Å². The van der Waals surface area contributed by atoms with Crippen LogP contribution in [0.1, 0.15) is 58.3 Å². The second-order valence-corrected chi connectivity index (χ2v) is 5.96. The van der Waals surface area contributed by atoms with Gasteiger partial charge in [-0.05, 0) is 6.04 Å². The van der Waals surface area contributed by atoms with Gasteiger partial charge >= 0.3 is 0 Å². The molecule has 2 nitrogen and oxygen atoms in total. The maximum atomic E-state index is 5.55. The first kappa shape index (κ1) is 16.1. The van der Waals surface area contributed by atoms with Crippen LogP contribution in [0.5, 0.6) is 0 Å². The van der Waals surface area contributed by atoms with Gasteiger partial charge in [-0.3, -0.25) is 0 Å². The largest absolute Gasteiger partial charge is 0.422 e. The lowest BCUT2D eigenvalue weighted by molar-refractivity contribution is 0.149. The molecule has 0 aliphatic rings. The summed E-state index contributed by atoms with van der Waals surface area (Å²) in [7, 11) is 1.49. The quantitative estimate of drug-likeness (QED) is 0.367. The van der Waals surface area contributed by atoms with Crippen molar-refractivity contribution in [3.63, 3.8) is 0 Å². The van der Waals surface area contributed by atoms with Gasteiger partial charge < -0.3 is 9.16 Å². The van der Waals surface area contributed by atoms with Crippen molar-refractivity contribution in [2.24, 2.45) is 0 Å². The summed E-state index contributed by atoms with van der Waals surface area (Å²) in [6, 6.07) is 1.35. The minimum absolute atomic E-state index is 0.237. The molecule has 0 rings (SSSR count). The van der Waals surface area contributed by atoms with E-state index in [0.29, 0.717) is 0 Å². The van der Waals surface area contributed by atoms with Crippen molar-refractivity contribution in [1.82, 2.24) is 0 Å². The molecule has 0 fully saturated rings. The molecule has 0 N–H and O–H groups in total. The minimum Gasteiger partial charge on any atom is -0.422 e. The molecule has 0 heterocycles. The highest BCUT2D eigenvalue weighted by atomic mass is 28.2. The smallest absolute Gasteiger partial charge is 0.161 e. The van der Waals surface area contributed by atoms with E-state index in [1.165, 1.54) is 57.4 Å². The Morgan fingerprint density at radius 1 is 0.812 bits per heavy atom. The van der Waals surface area contributed by atoms with Gasteiger partial charge in [-0.25, -0.2) is 0 Å². The SMILES string of the molecule is CCCCCCCCCC[SiH2]OCCOC. The highest BCUT2D eigenvalue weighted by Gasteiger charge is 1.93. The van der Waals surface area contributed by atoms with E-state index in [1.54, 1.807) is 7.11 Å². The van der Waals surface area contributed by atoms with Gasteiger partial charge in [0, 0.05) is 7.11 Å². The van der Waals surface area contributed by atoms with E-state index < -0.39 is 0 Å². The fraction of sp³-hybridized carbons (Fsp3) is 1.00. The predicted molar refractivity (Wildman–Crippen MR) is 73.8 cm³/mol. The molecule has 0 aromatic carbocycles. The topological polar surface area (TPSA) is 18.5 Å². The summed E-state index contributed by atoms with van der Waals surface area (Å²) in [5.41, 5.74) is 0. The van der Waals surface area contributed by atoms with Crippen molar-refractivity contribution in [3.8, 4) is 0 Å². The van der Waals surface area contributed by atoms with Crippen molar-refractivity contribution in [1.29, 1.82) is 0 Å². The van der Waals surface area contributed by atoms with E-state index in [2.05, 4.69) is 6.92 Å². The molecule has 0 spiro atoms. The van der Waals surface area contributed by atoms with Gasteiger partial charge in [0.1, 0.15) is 0 Å². The molecular formula is C13H30O2Si. The zero-order valence-electron chi connectivity index (χ0n) is 11.3. The number of rotatable bonds is 13. The molecule has 0 aromatic rings. The first-order valence-corrected chi connectivity index (χ1v) is 8.56. The zero-order valence-corrected chi connectivity index (χ0v) is 12.7. The molecular weight excluding hydrogens is 216 g/mol. The Balaban J connectivity index is 2.83. The summed E-state index contributed by atoms with van der Waals surface area (Å²) < 4.78 is 10.5. The number of unbranched alkanes of at least 4 members (excludes halogenated alkanes) is 7. The van der Waals surface area contributed by atoms with E-state index in [9.17, 15) is 0 Å². The molecule has 0 amide bonds. The Bertz CT molecular complexity index is 107. The second kappa shape index (κ2) is 15.1. The summed E-state index contributed by atoms with van der Waals surface area (Å²) in [5, 5.41) is 0. The number of methoxy groups -OCH3 is 1. The second-order valence-electron chi connectivity index (χ2n) is 4.43. The average molecular weight is 246 g/mol. The molecule has 0 atom stereocenters. The van der Waals surface area contributed by atoms with E-state index in [0.717, 1.165) is 13.2 Å². The summed E-state index contributed by atoms with van der Waals surface area (Å²) in [6.07, 6.45) is 11.3. The molecule has 0 saturated carbocycles. The molecule has 0 radical (unpaired) electrons. The normalized spacial score (nSPS) is 11.6. The molecule has 3 heteroatoms. The summed E-state index contributed by atoms with van der Waals surface area (Å²) in [4.78, 5) is 0. The summed E-state index contributed by atoms with van der Waals surface area (Å²) >= 11 is 0. The van der Waals surface area contributed by atoms with Crippen LogP contribution in [-0.4, -0.2) is 30.1 Å². The van der Waals surface area contributed by atoms with Gasteiger partial charge in [-0.1, -0.05) is 58.3 Å². The van der Waals surface area contributed by atoms with Crippen LogP contribution in [0.25, 0.3) is 0 Å². The third-order valence-corrected chi connectivity index (χ3v) is 4.19. The number of ether oxygens (including phenoxy) is 1. The Hall–Kier alpha value is 0.137. The van der Waals surface area contributed by atoms with E-state index >= 15 is 0 Å². The van der Waals surface area contributed by atoms with Crippen LogP contribution >= 0.6 is 0 Å². The van der Waals surface area contributed by atoms with E-state index in [1.807, 2.05) is 0 Å². The third kappa shape index (κ3) is 14.1. The molecule has 0 aromatic heterocycles. The molecule has 98 valence electrons. The monoisotopic (exact) mass is 246 g/mol. The van der Waals surface area contributed by atoms with Crippen LogP contribution in [0.4, 0.5) is 0 Å². The van der Waals surface area contributed by atoms with Crippen molar-refractivity contribution in [3.05, 3.63) is 0 Å². The summed E-state index contributed by atoms with van der Waals surface area (Å²) in [5.74, 6) is 0. The first-order valence-electron chi connectivity index (χ1n) is 6.98. The maximum absolute atomic E-state index is 5.55. The van der Waals surface area contributed by atoms with Crippen LogP contribution < -0.4 is 0 Å². The Morgan fingerprint density at radius 3 is 2.06 bits per heavy atom. The molecule has 0 saturated heterocycles.